The lowest BCUT2D eigenvalue weighted by molar-refractivity contribution is -0.132. The van der Waals surface area contributed by atoms with Gasteiger partial charge in [-0.3, -0.25) is 14.5 Å². The van der Waals surface area contributed by atoms with E-state index in [-0.39, 0.29) is 29.8 Å². The van der Waals surface area contributed by atoms with Gasteiger partial charge in [-0.25, -0.2) is 4.39 Å². The second-order valence-electron chi connectivity index (χ2n) is 10.2. The van der Waals surface area contributed by atoms with E-state index in [1.807, 2.05) is 0 Å². The lowest BCUT2D eigenvalue weighted by atomic mass is 9.94. The zero-order valence-corrected chi connectivity index (χ0v) is 23.9. The van der Waals surface area contributed by atoms with Crippen LogP contribution < -0.4 is 33.9 Å². The first-order chi connectivity index (χ1) is 20.4. The first-order valence-corrected chi connectivity index (χ1v) is 14.0. The molecule has 0 spiro atoms. The number of halogens is 1. The number of fused-ring (bicyclic) bond motifs is 1. The van der Waals surface area contributed by atoms with Crippen molar-refractivity contribution in [2.24, 2.45) is 0 Å². The number of rotatable bonds is 9. The average molecular weight is 579 g/mol. The van der Waals surface area contributed by atoms with Gasteiger partial charge in [0.25, 0.3) is 5.91 Å². The quantitative estimate of drug-likeness (QED) is 0.372. The zero-order chi connectivity index (χ0) is 29.6. The molecule has 3 aromatic rings. The SMILES string of the molecule is COc1cc([C@@H](C(=O)NC2CCCCC2)N(C(=O)[C@H]2COc3ccccc3O2)c2ccccc2F)cc(OC)c1OC. The van der Waals surface area contributed by atoms with Crippen molar-refractivity contribution in [3.63, 3.8) is 0 Å². The first-order valence-electron chi connectivity index (χ1n) is 14.0. The van der Waals surface area contributed by atoms with Gasteiger partial charge in [0, 0.05) is 6.04 Å². The van der Waals surface area contributed by atoms with Gasteiger partial charge in [-0.05, 0) is 54.8 Å². The van der Waals surface area contributed by atoms with Crippen molar-refractivity contribution in [1.29, 1.82) is 0 Å². The Morgan fingerprint density at radius 1 is 0.905 bits per heavy atom. The minimum Gasteiger partial charge on any atom is -0.493 e. The Morgan fingerprint density at radius 2 is 1.55 bits per heavy atom. The van der Waals surface area contributed by atoms with Crippen molar-refractivity contribution < 1.29 is 37.7 Å². The third-order valence-corrected chi connectivity index (χ3v) is 7.59. The second-order valence-corrected chi connectivity index (χ2v) is 10.2. The minimum atomic E-state index is -1.31. The van der Waals surface area contributed by atoms with Crippen LogP contribution in [0.5, 0.6) is 28.7 Å². The third-order valence-electron chi connectivity index (χ3n) is 7.59. The molecule has 2 atom stereocenters. The molecule has 0 saturated heterocycles. The van der Waals surface area contributed by atoms with Crippen LogP contribution in [0.3, 0.4) is 0 Å². The average Bonchev–Trinajstić information content (AvgIpc) is 3.03. The summed E-state index contributed by atoms with van der Waals surface area (Å²) >= 11 is 0. The molecule has 9 nitrogen and oxygen atoms in total. The fraction of sp³-hybridized carbons (Fsp3) is 0.375. The lowest BCUT2D eigenvalue weighted by Gasteiger charge is -2.36. The maximum absolute atomic E-state index is 15.5. The lowest BCUT2D eigenvalue weighted by Crippen LogP contribution is -2.53. The minimum absolute atomic E-state index is 0.0745. The summed E-state index contributed by atoms with van der Waals surface area (Å²) in [6.07, 6.45) is 3.56. The van der Waals surface area contributed by atoms with E-state index in [1.165, 1.54) is 39.5 Å². The predicted molar refractivity (Wildman–Crippen MR) is 154 cm³/mol. The standard InChI is InChI=1S/C32H35FN2O7/c1-38-26-17-20(18-27(39-2)30(26)40-3)29(31(36)34-21-11-5-4-6-12-21)35(23-14-8-7-13-22(23)33)32(37)28-19-41-24-15-9-10-16-25(24)42-28/h7-10,13-18,21,28-29H,4-6,11-12,19H2,1-3H3,(H,34,36)/t28-,29+/m1/s1. The number of anilines is 1. The number of carbonyl (C=O) groups is 2. The Balaban J connectivity index is 1.64. The van der Waals surface area contributed by atoms with Crippen molar-refractivity contribution in [3.05, 3.63) is 72.0 Å². The molecule has 2 aliphatic rings. The van der Waals surface area contributed by atoms with E-state index < -0.39 is 29.8 Å². The number of hydrogen-bond donors (Lipinski definition) is 1. The summed E-state index contributed by atoms with van der Waals surface area (Å²) in [5, 5.41) is 3.12. The number of para-hydroxylation sites is 3. The van der Waals surface area contributed by atoms with Crippen molar-refractivity contribution in [2.45, 2.75) is 50.3 Å². The van der Waals surface area contributed by atoms with Crippen LogP contribution in [0.15, 0.2) is 60.7 Å². The molecule has 1 N–H and O–H groups in total. The Kier molecular flexibility index (Phi) is 9.00. The van der Waals surface area contributed by atoms with Crippen LogP contribution in [-0.2, 0) is 9.59 Å². The highest BCUT2D eigenvalue weighted by atomic mass is 19.1. The van der Waals surface area contributed by atoms with Crippen LogP contribution in [0, 0.1) is 5.82 Å². The van der Waals surface area contributed by atoms with Gasteiger partial charge in [-0.15, -0.1) is 0 Å². The molecule has 0 aromatic heterocycles. The highest BCUT2D eigenvalue weighted by Gasteiger charge is 2.41. The molecule has 1 fully saturated rings. The van der Waals surface area contributed by atoms with Gasteiger partial charge in [0.15, 0.2) is 23.0 Å². The Bertz CT molecular complexity index is 1400. The van der Waals surface area contributed by atoms with Crippen LogP contribution in [0.2, 0.25) is 0 Å². The number of benzene rings is 3. The molecule has 0 unspecified atom stereocenters. The van der Waals surface area contributed by atoms with E-state index >= 15 is 4.39 Å². The second kappa shape index (κ2) is 13.0. The highest BCUT2D eigenvalue weighted by Crippen LogP contribution is 2.42. The van der Waals surface area contributed by atoms with Gasteiger partial charge in [0.1, 0.15) is 18.5 Å². The van der Waals surface area contributed by atoms with Crippen LogP contribution in [0.25, 0.3) is 0 Å². The molecule has 1 saturated carbocycles. The monoisotopic (exact) mass is 578 g/mol. The van der Waals surface area contributed by atoms with Gasteiger partial charge < -0.3 is 29.0 Å². The normalized spacial score (nSPS) is 17.1. The molecular weight excluding hydrogens is 543 g/mol. The van der Waals surface area contributed by atoms with Crippen molar-refractivity contribution in [3.8, 4) is 28.7 Å². The summed E-state index contributed by atoms with van der Waals surface area (Å²) in [6.45, 7) is -0.118. The van der Waals surface area contributed by atoms with E-state index in [4.69, 9.17) is 23.7 Å². The number of nitrogens with zero attached hydrogens (tertiary/aromatic N) is 1. The van der Waals surface area contributed by atoms with Gasteiger partial charge in [0.05, 0.1) is 27.0 Å². The number of nitrogens with one attached hydrogen (secondary N) is 1. The van der Waals surface area contributed by atoms with Crippen molar-refractivity contribution in [1.82, 2.24) is 5.32 Å². The molecule has 1 aliphatic carbocycles. The van der Waals surface area contributed by atoms with Crippen LogP contribution in [-0.4, -0.2) is 51.9 Å². The van der Waals surface area contributed by atoms with Gasteiger partial charge in [0.2, 0.25) is 17.8 Å². The van der Waals surface area contributed by atoms with Crippen LogP contribution in [0.4, 0.5) is 10.1 Å². The van der Waals surface area contributed by atoms with Crippen LogP contribution in [0.1, 0.15) is 43.7 Å². The predicted octanol–water partition coefficient (Wildman–Crippen LogP) is 5.21. The third kappa shape index (κ3) is 5.93. The Labute approximate surface area is 244 Å². The molecule has 2 amide bonds. The molecule has 1 aliphatic heterocycles. The summed E-state index contributed by atoms with van der Waals surface area (Å²) in [4.78, 5) is 29.8. The topological polar surface area (TPSA) is 95.6 Å². The summed E-state index contributed by atoms with van der Waals surface area (Å²) in [5.74, 6) is -0.0202. The summed E-state index contributed by atoms with van der Waals surface area (Å²) in [7, 11) is 4.39. The van der Waals surface area contributed by atoms with Crippen LogP contribution >= 0.6 is 0 Å². The van der Waals surface area contributed by atoms with E-state index in [9.17, 15) is 9.59 Å². The van der Waals surface area contributed by atoms with Gasteiger partial charge in [-0.1, -0.05) is 43.5 Å². The number of ether oxygens (including phenoxy) is 5. The molecule has 222 valence electrons. The van der Waals surface area contributed by atoms with Crippen molar-refractivity contribution in [2.75, 3.05) is 32.8 Å². The maximum atomic E-state index is 15.5. The fourth-order valence-electron chi connectivity index (χ4n) is 5.53. The molecular formula is C32H35FN2O7. The van der Waals surface area contributed by atoms with E-state index in [1.54, 1.807) is 42.5 Å². The number of carbonyl (C=O) groups excluding carboxylic acids is 2. The maximum Gasteiger partial charge on any atom is 0.272 e. The molecule has 10 heteroatoms. The van der Waals surface area contributed by atoms with E-state index in [2.05, 4.69) is 5.32 Å². The smallest absolute Gasteiger partial charge is 0.272 e. The summed E-state index contributed by atoms with van der Waals surface area (Å²) in [5.41, 5.74) is 0.258. The molecule has 0 radical (unpaired) electrons. The van der Waals surface area contributed by atoms with E-state index in [0.29, 0.717) is 22.8 Å². The Hall–Kier alpha value is -4.47. The Morgan fingerprint density at radius 3 is 2.19 bits per heavy atom. The largest absolute Gasteiger partial charge is 0.493 e. The number of methoxy groups -OCH3 is 3. The van der Waals surface area contributed by atoms with Gasteiger partial charge in [-0.2, -0.15) is 0 Å². The molecule has 0 bridgehead atoms. The van der Waals surface area contributed by atoms with Crippen molar-refractivity contribution >= 4 is 17.5 Å². The summed E-state index contributed by atoms with van der Waals surface area (Å²) < 4.78 is 44.0. The zero-order valence-electron chi connectivity index (χ0n) is 23.9. The number of amides is 2. The fourth-order valence-corrected chi connectivity index (χ4v) is 5.53. The number of hydrogen-bond acceptors (Lipinski definition) is 7. The summed E-state index contributed by atoms with van der Waals surface area (Å²) in [6, 6.07) is 14.6. The first kappa shape index (κ1) is 29.0. The highest BCUT2D eigenvalue weighted by molar-refractivity contribution is 6.04. The van der Waals surface area contributed by atoms with Gasteiger partial charge >= 0.3 is 0 Å². The molecule has 1 heterocycles. The van der Waals surface area contributed by atoms with E-state index in [0.717, 1.165) is 37.0 Å². The molecule has 42 heavy (non-hydrogen) atoms. The molecule has 3 aromatic carbocycles. The molecule has 5 rings (SSSR count).